The molecule has 1 aromatic carbocycles. The molecule has 0 saturated carbocycles. The van der Waals surface area contributed by atoms with Crippen LogP contribution in [-0.2, 0) is 14.8 Å². The number of hydrogen-bond donors (Lipinski definition) is 1. The van der Waals surface area contributed by atoms with Crippen molar-refractivity contribution in [2.24, 2.45) is 5.14 Å². The lowest BCUT2D eigenvalue weighted by molar-refractivity contribution is 0.0714. The molecule has 0 aliphatic heterocycles. The highest BCUT2D eigenvalue weighted by Crippen LogP contribution is 2.18. The van der Waals surface area contributed by atoms with Gasteiger partial charge >= 0.3 is 0 Å². The summed E-state index contributed by atoms with van der Waals surface area (Å²) >= 11 is 0. The van der Waals surface area contributed by atoms with E-state index in [0.717, 1.165) is 5.56 Å². The SMILES string of the molecule is C=CCN(CCOC)C(=O)c1cc(C)ccc1S(N)(=O)=O. The molecule has 0 fully saturated rings. The molecule has 0 unspecified atom stereocenters. The number of rotatable bonds is 7. The lowest BCUT2D eigenvalue weighted by atomic mass is 10.1. The highest BCUT2D eigenvalue weighted by Gasteiger charge is 2.23. The zero-order chi connectivity index (χ0) is 16.0. The fourth-order valence-electron chi connectivity index (χ4n) is 1.86. The number of carbonyl (C=O) groups is 1. The monoisotopic (exact) mass is 312 g/mol. The zero-order valence-electron chi connectivity index (χ0n) is 12.2. The van der Waals surface area contributed by atoms with E-state index in [1.165, 1.54) is 24.1 Å². The van der Waals surface area contributed by atoms with Gasteiger partial charge in [0.1, 0.15) is 0 Å². The van der Waals surface area contributed by atoms with Crippen molar-refractivity contribution in [2.45, 2.75) is 11.8 Å². The van der Waals surface area contributed by atoms with Crippen molar-refractivity contribution < 1.29 is 17.9 Å². The number of ether oxygens (including phenoxy) is 1. The molecule has 0 aliphatic rings. The fraction of sp³-hybridized carbons (Fsp3) is 0.357. The van der Waals surface area contributed by atoms with Gasteiger partial charge in [0.25, 0.3) is 5.91 Å². The van der Waals surface area contributed by atoms with Crippen LogP contribution in [0.4, 0.5) is 0 Å². The van der Waals surface area contributed by atoms with Crippen molar-refractivity contribution in [2.75, 3.05) is 26.8 Å². The Morgan fingerprint density at radius 3 is 2.67 bits per heavy atom. The van der Waals surface area contributed by atoms with Crippen LogP contribution in [0.15, 0.2) is 35.7 Å². The van der Waals surface area contributed by atoms with Crippen LogP contribution in [0.1, 0.15) is 15.9 Å². The number of amides is 1. The summed E-state index contributed by atoms with van der Waals surface area (Å²) in [6, 6.07) is 4.47. The first-order valence-electron chi connectivity index (χ1n) is 6.33. The summed E-state index contributed by atoms with van der Waals surface area (Å²) in [7, 11) is -2.44. The molecule has 1 aromatic rings. The fourth-order valence-corrected chi connectivity index (χ4v) is 2.57. The van der Waals surface area contributed by atoms with Gasteiger partial charge < -0.3 is 9.64 Å². The van der Waals surface area contributed by atoms with Crippen LogP contribution in [0.3, 0.4) is 0 Å². The van der Waals surface area contributed by atoms with E-state index in [2.05, 4.69) is 6.58 Å². The number of nitrogens with two attached hydrogens (primary N) is 1. The second kappa shape index (κ2) is 7.35. The molecule has 2 N–H and O–H groups in total. The minimum absolute atomic E-state index is 0.0652. The van der Waals surface area contributed by atoms with E-state index in [4.69, 9.17) is 9.88 Å². The van der Waals surface area contributed by atoms with E-state index in [9.17, 15) is 13.2 Å². The minimum atomic E-state index is -3.97. The second-order valence-corrected chi connectivity index (χ2v) is 6.11. The number of carbonyl (C=O) groups excluding carboxylic acids is 1. The summed E-state index contributed by atoms with van der Waals surface area (Å²) in [6.45, 7) is 6.34. The molecular weight excluding hydrogens is 292 g/mol. The second-order valence-electron chi connectivity index (χ2n) is 4.58. The molecule has 0 bridgehead atoms. The number of aryl methyl sites for hydroxylation is 1. The molecule has 1 rings (SSSR count). The molecule has 0 saturated heterocycles. The molecule has 0 aliphatic carbocycles. The molecule has 1 amide bonds. The van der Waals surface area contributed by atoms with Crippen LogP contribution in [-0.4, -0.2) is 46.0 Å². The maximum atomic E-state index is 12.6. The molecule has 0 aromatic heterocycles. The molecule has 116 valence electrons. The van der Waals surface area contributed by atoms with E-state index in [1.807, 2.05) is 0 Å². The van der Waals surface area contributed by atoms with Gasteiger partial charge in [-0.3, -0.25) is 4.79 Å². The van der Waals surface area contributed by atoms with E-state index in [1.54, 1.807) is 19.1 Å². The molecule has 0 spiro atoms. The molecule has 21 heavy (non-hydrogen) atoms. The van der Waals surface area contributed by atoms with Gasteiger partial charge in [-0.15, -0.1) is 6.58 Å². The van der Waals surface area contributed by atoms with Crippen molar-refractivity contribution >= 4 is 15.9 Å². The smallest absolute Gasteiger partial charge is 0.255 e. The predicted molar refractivity (Wildman–Crippen MR) is 80.5 cm³/mol. The van der Waals surface area contributed by atoms with Crippen LogP contribution >= 0.6 is 0 Å². The highest BCUT2D eigenvalue weighted by atomic mass is 32.2. The van der Waals surface area contributed by atoms with E-state index in [0.29, 0.717) is 19.7 Å². The first kappa shape index (κ1) is 17.4. The normalized spacial score (nSPS) is 11.2. The Labute approximate surface area is 125 Å². The third kappa shape index (κ3) is 4.66. The first-order valence-corrected chi connectivity index (χ1v) is 7.88. The lowest BCUT2D eigenvalue weighted by Gasteiger charge is -2.22. The van der Waals surface area contributed by atoms with Gasteiger partial charge in [-0.05, 0) is 19.1 Å². The Balaban J connectivity index is 3.26. The molecule has 0 atom stereocenters. The maximum absolute atomic E-state index is 12.6. The standard InChI is InChI=1S/C14H20N2O4S/c1-4-7-16(8-9-20-3)14(17)12-10-11(2)5-6-13(12)21(15,18)19/h4-6,10H,1,7-9H2,2-3H3,(H2,15,18,19). The molecular formula is C14H20N2O4S. The average molecular weight is 312 g/mol. The third-order valence-electron chi connectivity index (χ3n) is 2.87. The van der Waals surface area contributed by atoms with Crippen LogP contribution in [0, 0.1) is 6.92 Å². The summed E-state index contributed by atoms with van der Waals surface area (Å²) in [5.41, 5.74) is 0.839. The lowest BCUT2D eigenvalue weighted by Crippen LogP contribution is -2.35. The summed E-state index contributed by atoms with van der Waals surface area (Å²) in [6.07, 6.45) is 1.57. The number of methoxy groups -OCH3 is 1. The quantitative estimate of drug-likeness (QED) is 0.758. The van der Waals surface area contributed by atoms with Crippen molar-refractivity contribution in [1.82, 2.24) is 4.90 Å². The van der Waals surface area contributed by atoms with Crippen molar-refractivity contribution in [1.29, 1.82) is 0 Å². The average Bonchev–Trinajstić information content (AvgIpc) is 2.41. The van der Waals surface area contributed by atoms with Gasteiger partial charge in [0.2, 0.25) is 10.0 Å². The zero-order valence-corrected chi connectivity index (χ0v) is 13.0. The van der Waals surface area contributed by atoms with Gasteiger partial charge in [-0.25, -0.2) is 13.6 Å². The number of hydrogen-bond acceptors (Lipinski definition) is 4. The minimum Gasteiger partial charge on any atom is -0.383 e. The van der Waals surface area contributed by atoms with Crippen LogP contribution in [0.2, 0.25) is 0 Å². The van der Waals surface area contributed by atoms with Gasteiger partial charge in [0.05, 0.1) is 17.1 Å². The predicted octanol–water partition coefficient (Wildman–Crippen LogP) is 0.917. The van der Waals surface area contributed by atoms with Gasteiger partial charge in [-0.2, -0.15) is 0 Å². The van der Waals surface area contributed by atoms with Crippen LogP contribution in [0.25, 0.3) is 0 Å². The van der Waals surface area contributed by atoms with Crippen molar-refractivity contribution in [3.05, 3.63) is 42.0 Å². The van der Waals surface area contributed by atoms with Crippen LogP contribution in [0.5, 0.6) is 0 Å². The van der Waals surface area contributed by atoms with E-state index < -0.39 is 15.9 Å². The first-order chi connectivity index (χ1) is 9.81. The van der Waals surface area contributed by atoms with Gasteiger partial charge in [0.15, 0.2) is 0 Å². The molecule has 0 radical (unpaired) electrons. The number of primary sulfonamides is 1. The van der Waals surface area contributed by atoms with E-state index >= 15 is 0 Å². The molecule has 0 heterocycles. The summed E-state index contributed by atoms with van der Waals surface area (Å²) in [4.78, 5) is 13.8. The largest absolute Gasteiger partial charge is 0.383 e. The maximum Gasteiger partial charge on any atom is 0.255 e. The Morgan fingerprint density at radius 2 is 2.14 bits per heavy atom. The van der Waals surface area contributed by atoms with Crippen LogP contribution < -0.4 is 5.14 Å². The Bertz CT molecular complexity index is 626. The number of benzene rings is 1. The highest BCUT2D eigenvalue weighted by molar-refractivity contribution is 7.89. The number of sulfonamides is 1. The molecule has 7 heteroatoms. The Morgan fingerprint density at radius 1 is 1.48 bits per heavy atom. The summed E-state index contributed by atoms with van der Waals surface area (Å²) in [5.74, 6) is -0.417. The van der Waals surface area contributed by atoms with Crippen molar-refractivity contribution in [3.8, 4) is 0 Å². The number of nitrogens with zero attached hydrogens (tertiary/aromatic N) is 1. The third-order valence-corrected chi connectivity index (χ3v) is 3.84. The molecule has 6 nitrogen and oxygen atoms in total. The Hall–Kier alpha value is -1.70. The Kier molecular flexibility index (Phi) is 6.07. The van der Waals surface area contributed by atoms with E-state index in [-0.39, 0.29) is 10.5 Å². The van der Waals surface area contributed by atoms with Gasteiger partial charge in [0, 0.05) is 20.2 Å². The van der Waals surface area contributed by atoms with Crippen molar-refractivity contribution in [3.63, 3.8) is 0 Å². The topological polar surface area (TPSA) is 89.7 Å². The summed E-state index contributed by atoms with van der Waals surface area (Å²) < 4.78 is 28.2. The summed E-state index contributed by atoms with van der Waals surface area (Å²) in [5, 5.41) is 5.18. The van der Waals surface area contributed by atoms with Gasteiger partial charge in [-0.1, -0.05) is 17.7 Å².